The summed E-state index contributed by atoms with van der Waals surface area (Å²) in [5.74, 6) is -1.25. The number of esters is 1. The molecule has 1 unspecified atom stereocenters. The van der Waals surface area contributed by atoms with Gasteiger partial charge in [0, 0.05) is 5.02 Å². The molecule has 1 amide bonds. The standard InChI is InChI=1S/C14H18ClNO3/c1-3-19-13(18)14(2,12(16)17)8-7-10-5-4-6-11(15)9-10/h4-6,9H,3,7-8H2,1-2H3,(H2,16,17). The second-order valence-corrected chi connectivity index (χ2v) is 4.98. The number of carbonyl (C=O) groups excluding carboxylic acids is 2. The third-order valence-electron chi connectivity index (χ3n) is 3.07. The van der Waals surface area contributed by atoms with Crippen molar-refractivity contribution < 1.29 is 14.3 Å². The molecule has 0 bridgehead atoms. The molecule has 0 heterocycles. The van der Waals surface area contributed by atoms with Crippen molar-refractivity contribution in [3.05, 3.63) is 34.9 Å². The van der Waals surface area contributed by atoms with E-state index in [2.05, 4.69) is 0 Å². The van der Waals surface area contributed by atoms with Crippen LogP contribution in [-0.2, 0) is 20.7 Å². The van der Waals surface area contributed by atoms with Crippen molar-refractivity contribution in [2.24, 2.45) is 11.1 Å². The van der Waals surface area contributed by atoms with Crippen molar-refractivity contribution in [1.82, 2.24) is 0 Å². The molecule has 5 heteroatoms. The molecule has 2 N–H and O–H groups in total. The van der Waals surface area contributed by atoms with E-state index >= 15 is 0 Å². The first kappa shape index (κ1) is 15.5. The van der Waals surface area contributed by atoms with E-state index in [4.69, 9.17) is 22.1 Å². The van der Waals surface area contributed by atoms with E-state index in [1.54, 1.807) is 19.1 Å². The molecule has 1 atom stereocenters. The van der Waals surface area contributed by atoms with Crippen molar-refractivity contribution in [2.45, 2.75) is 26.7 Å². The lowest BCUT2D eigenvalue weighted by atomic mass is 9.83. The normalized spacial score (nSPS) is 13.6. The molecule has 0 aromatic heterocycles. The fourth-order valence-electron chi connectivity index (χ4n) is 1.70. The lowest BCUT2D eigenvalue weighted by Gasteiger charge is -2.23. The Balaban J connectivity index is 2.80. The highest BCUT2D eigenvalue weighted by molar-refractivity contribution is 6.30. The van der Waals surface area contributed by atoms with E-state index in [0.29, 0.717) is 17.9 Å². The second kappa shape index (κ2) is 6.57. The highest BCUT2D eigenvalue weighted by atomic mass is 35.5. The van der Waals surface area contributed by atoms with Crippen LogP contribution in [0.3, 0.4) is 0 Å². The summed E-state index contributed by atoms with van der Waals surface area (Å²) >= 11 is 5.89. The Morgan fingerprint density at radius 3 is 2.63 bits per heavy atom. The minimum absolute atomic E-state index is 0.221. The molecule has 1 aromatic rings. The van der Waals surface area contributed by atoms with Crippen LogP contribution >= 0.6 is 11.6 Å². The molecule has 0 aliphatic rings. The Morgan fingerprint density at radius 2 is 2.11 bits per heavy atom. The predicted octanol–water partition coefficient (Wildman–Crippen LogP) is 2.33. The summed E-state index contributed by atoms with van der Waals surface area (Å²) in [6.07, 6.45) is 0.820. The van der Waals surface area contributed by atoms with Gasteiger partial charge in [0.05, 0.1) is 6.61 Å². The van der Waals surface area contributed by atoms with Gasteiger partial charge in [-0.2, -0.15) is 0 Å². The number of hydrogen-bond donors (Lipinski definition) is 1. The smallest absolute Gasteiger partial charge is 0.321 e. The van der Waals surface area contributed by atoms with Gasteiger partial charge in [0.25, 0.3) is 0 Å². The van der Waals surface area contributed by atoms with Crippen molar-refractivity contribution >= 4 is 23.5 Å². The van der Waals surface area contributed by atoms with Gasteiger partial charge in [-0.25, -0.2) is 0 Å². The molecule has 19 heavy (non-hydrogen) atoms. The maximum Gasteiger partial charge on any atom is 0.321 e. The summed E-state index contributed by atoms with van der Waals surface area (Å²) in [5, 5.41) is 0.620. The Labute approximate surface area is 117 Å². The number of aryl methyl sites for hydroxylation is 1. The van der Waals surface area contributed by atoms with Gasteiger partial charge in [0.1, 0.15) is 5.41 Å². The van der Waals surface area contributed by atoms with Gasteiger partial charge in [0.15, 0.2) is 0 Å². The number of amides is 1. The molecular formula is C14H18ClNO3. The van der Waals surface area contributed by atoms with Crippen LogP contribution in [0.15, 0.2) is 24.3 Å². The van der Waals surface area contributed by atoms with Crippen LogP contribution in [0.5, 0.6) is 0 Å². The highest BCUT2D eigenvalue weighted by Gasteiger charge is 2.40. The molecule has 0 fully saturated rings. The van der Waals surface area contributed by atoms with Crippen LogP contribution in [0.2, 0.25) is 5.02 Å². The number of benzene rings is 1. The van der Waals surface area contributed by atoms with E-state index in [1.807, 2.05) is 12.1 Å². The zero-order valence-electron chi connectivity index (χ0n) is 11.1. The van der Waals surface area contributed by atoms with Gasteiger partial charge in [0.2, 0.25) is 5.91 Å². The molecule has 0 spiro atoms. The quantitative estimate of drug-likeness (QED) is 0.643. The van der Waals surface area contributed by atoms with Gasteiger partial charge >= 0.3 is 5.97 Å². The van der Waals surface area contributed by atoms with Gasteiger partial charge in [-0.1, -0.05) is 23.7 Å². The van der Waals surface area contributed by atoms with Crippen LogP contribution in [0.4, 0.5) is 0 Å². The average molecular weight is 284 g/mol. The molecule has 0 saturated heterocycles. The number of halogens is 1. The number of hydrogen-bond acceptors (Lipinski definition) is 3. The van der Waals surface area contributed by atoms with Crippen LogP contribution in [0.1, 0.15) is 25.8 Å². The monoisotopic (exact) mass is 283 g/mol. The van der Waals surface area contributed by atoms with Crippen LogP contribution in [0.25, 0.3) is 0 Å². The average Bonchev–Trinajstić information content (AvgIpc) is 2.36. The fraction of sp³-hybridized carbons (Fsp3) is 0.429. The summed E-state index contributed by atoms with van der Waals surface area (Å²) in [7, 11) is 0. The minimum atomic E-state index is -1.31. The summed E-state index contributed by atoms with van der Waals surface area (Å²) in [6, 6.07) is 7.28. The Hall–Kier alpha value is -1.55. The van der Waals surface area contributed by atoms with Crippen molar-refractivity contribution in [3.63, 3.8) is 0 Å². The van der Waals surface area contributed by atoms with E-state index in [1.165, 1.54) is 6.92 Å². The number of ether oxygens (including phenoxy) is 1. The second-order valence-electron chi connectivity index (χ2n) is 4.55. The zero-order valence-corrected chi connectivity index (χ0v) is 11.9. The number of primary amides is 1. The molecule has 0 aliphatic carbocycles. The van der Waals surface area contributed by atoms with E-state index in [0.717, 1.165) is 5.56 Å². The molecule has 0 aliphatic heterocycles. The summed E-state index contributed by atoms with van der Waals surface area (Å²) < 4.78 is 4.91. The van der Waals surface area contributed by atoms with Gasteiger partial charge < -0.3 is 10.5 Å². The van der Waals surface area contributed by atoms with Gasteiger partial charge in [-0.3, -0.25) is 9.59 Å². The Morgan fingerprint density at radius 1 is 1.42 bits per heavy atom. The number of nitrogens with two attached hydrogens (primary N) is 1. The third-order valence-corrected chi connectivity index (χ3v) is 3.31. The zero-order chi connectivity index (χ0) is 14.5. The first-order chi connectivity index (χ1) is 8.90. The van der Waals surface area contributed by atoms with Crippen molar-refractivity contribution in [2.75, 3.05) is 6.61 Å². The molecular weight excluding hydrogens is 266 g/mol. The Bertz CT molecular complexity index is 476. The van der Waals surface area contributed by atoms with E-state index < -0.39 is 17.3 Å². The van der Waals surface area contributed by atoms with Gasteiger partial charge in [-0.05, 0) is 44.4 Å². The summed E-state index contributed by atoms with van der Waals surface area (Å²) in [5.41, 5.74) is 4.97. The fourth-order valence-corrected chi connectivity index (χ4v) is 1.92. The lowest BCUT2D eigenvalue weighted by molar-refractivity contribution is -0.159. The van der Waals surface area contributed by atoms with Crippen LogP contribution < -0.4 is 5.73 Å². The van der Waals surface area contributed by atoms with E-state index in [-0.39, 0.29) is 6.61 Å². The largest absolute Gasteiger partial charge is 0.465 e. The lowest BCUT2D eigenvalue weighted by Crippen LogP contribution is -2.43. The molecule has 0 saturated carbocycles. The molecule has 0 radical (unpaired) electrons. The topological polar surface area (TPSA) is 69.4 Å². The SMILES string of the molecule is CCOC(=O)C(C)(CCc1cccc(Cl)c1)C(N)=O. The third kappa shape index (κ3) is 3.96. The number of carbonyl (C=O) groups is 2. The first-order valence-corrected chi connectivity index (χ1v) is 6.49. The van der Waals surface area contributed by atoms with Crippen molar-refractivity contribution in [3.8, 4) is 0 Å². The minimum Gasteiger partial charge on any atom is -0.465 e. The number of rotatable bonds is 6. The van der Waals surface area contributed by atoms with E-state index in [9.17, 15) is 9.59 Å². The van der Waals surface area contributed by atoms with Crippen LogP contribution in [-0.4, -0.2) is 18.5 Å². The molecule has 1 rings (SSSR count). The molecule has 4 nitrogen and oxygen atoms in total. The Kier molecular flexibility index (Phi) is 5.36. The first-order valence-electron chi connectivity index (χ1n) is 6.11. The molecule has 104 valence electrons. The van der Waals surface area contributed by atoms with Crippen molar-refractivity contribution in [1.29, 1.82) is 0 Å². The maximum absolute atomic E-state index is 11.8. The molecule has 1 aromatic carbocycles. The highest BCUT2D eigenvalue weighted by Crippen LogP contribution is 2.26. The summed E-state index contributed by atoms with van der Waals surface area (Å²) in [4.78, 5) is 23.4. The van der Waals surface area contributed by atoms with Gasteiger partial charge in [-0.15, -0.1) is 0 Å². The van der Waals surface area contributed by atoms with Crippen LogP contribution in [0, 0.1) is 5.41 Å². The summed E-state index contributed by atoms with van der Waals surface area (Å²) in [6.45, 7) is 3.42. The predicted molar refractivity (Wildman–Crippen MR) is 73.7 cm³/mol. The maximum atomic E-state index is 11.8.